The van der Waals surface area contributed by atoms with Gasteiger partial charge in [0, 0.05) is 24.6 Å². The van der Waals surface area contributed by atoms with Crippen molar-refractivity contribution in [1.29, 1.82) is 0 Å². The predicted molar refractivity (Wildman–Crippen MR) is 88.4 cm³/mol. The van der Waals surface area contributed by atoms with E-state index in [0.29, 0.717) is 12.1 Å². The summed E-state index contributed by atoms with van der Waals surface area (Å²) < 4.78 is 5.34. The number of hydrogen-bond donors (Lipinski definition) is 2. The maximum atomic E-state index is 5.34. The molecule has 0 unspecified atom stereocenters. The van der Waals surface area contributed by atoms with Crippen LogP contribution in [0.25, 0.3) is 10.2 Å². The molecule has 3 rings (SSSR count). The van der Waals surface area contributed by atoms with E-state index in [1.165, 1.54) is 4.88 Å². The number of hydrogen-bond acceptors (Lipinski definition) is 6. The number of thiophene rings is 1. The van der Waals surface area contributed by atoms with E-state index in [-0.39, 0.29) is 0 Å². The number of fused-ring (bicyclic) bond motifs is 1. The third kappa shape index (κ3) is 3.11. The fraction of sp³-hybridized carbons (Fsp3) is 0.600. The molecule has 0 saturated heterocycles. The number of ether oxygens (including phenoxy) is 1. The van der Waals surface area contributed by atoms with E-state index in [1.807, 2.05) is 0 Å². The first-order valence-electron chi connectivity index (χ1n) is 7.51. The van der Waals surface area contributed by atoms with Gasteiger partial charge in [0.05, 0.1) is 11.5 Å². The fourth-order valence-electron chi connectivity index (χ4n) is 2.54. The van der Waals surface area contributed by atoms with E-state index in [4.69, 9.17) is 4.74 Å². The lowest BCUT2D eigenvalue weighted by Gasteiger charge is -2.35. The molecule has 1 fully saturated rings. The minimum absolute atomic E-state index is 0.390. The Balaban J connectivity index is 1.84. The van der Waals surface area contributed by atoms with Crippen molar-refractivity contribution in [3.05, 3.63) is 10.9 Å². The molecule has 2 heterocycles. The fourth-order valence-corrected chi connectivity index (χ4v) is 3.42. The smallest absolute Gasteiger partial charge is 0.226 e. The molecule has 0 atom stereocenters. The van der Waals surface area contributed by atoms with Crippen molar-refractivity contribution < 1.29 is 4.74 Å². The van der Waals surface area contributed by atoms with E-state index < -0.39 is 0 Å². The summed E-state index contributed by atoms with van der Waals surface area (Å²) in [6.45, 7) is 5.14. The molecular weight excluding hydrogens is 284 g/mol. The molecule has 0 aliphatic heterocycles. The summed E-state index contributed by atoms with van der Waals surface area (Å²) in [4.78, 5) is 11.6. The zero-order chi connectivity index (χ0) is 14.8. The van der Waals surface area contributed by atoms with Crippen LogP contribution >= 0.6 is 11.3 Å². The van der Waals surface area contributed by atoms with Crippen molar-refractivity contribution >= 4 is 33.3 Å². The Hall–Kier alpha value is -1.40. The number of methoxy groups -OCH3 is 1. The molecule has 0 amide bonds. The Labute approximate surface area is 129 Å². The van der Waals surface area contributed by atoms with Gasteiger partial charge in [-0.25, -0.2) is 4.98 Å². The van der Waals surface area contributed by atoms with Crippen molar-refractivity contribution in [3.8, 4) is 0 Å². The first-order chi connectivity index (χ1) is 10.2. The second kappa shape index (κ2) is 6.15. The van der Waals surface area contributed by atoms with Crippen LogP contribution in [0.15, 0.2) is 6.07 Å². The zero-order valence-corrected chi connectivity index (χ0v) is 13.6. The van der Waals surface area contributed by atoms with Crippen molar-refractivity contribution in [3.63, 3.8) is 0 Å². The normalized spacial score (nSPS) is 21.3. The molecule has 0 radical (unpaired) electrons. The minimum Gasteiger partial charge on any atom is -0.381 e. The highest BCUT2D eigenvalue weighted by Gasteiger charge is 2.29. The number of nitrogens with zero attached hydrogens (tertiary/aromatic N) is 2. The van der Waals surface area contributed by atoms with E-state index in [0.717, 1.165) is 47.8 Å². The minimum atomic E-state index is 0.390. The van der Waals surface area contributed by atoms with Crippen LogP contribution in [0, 0.1) is 6.92 Å². The summed E-state index contributed by atoms with van der Waals surface area (Å²) >= 11 is 1.72. The van der Waals surface area contributed by atoms with Gasteiger partial charge in [0.15, 0.2) is 0 Å². The monoisotopic (exact) mass is 306 g/mol. The number of aryl methyl sites for hydroxylation is 1. The second-order valence-electron chi connectivity index (χ2n) is 5.57. The van der Waals surface area contributed by atoms with Gasteiger partial charge >= 0.3 is 0 Å². The van der Waals surface area contributed by atoms with Gasteiger partial charge in [0.1, 0.15) is 10.6 Å². The van der Waals surface area contributed by atoms with Gasteiger partial charge in [0.2, 0.25) is 5.95 Å². The van der Waals surface area contributed by atoms with Gasteiger partial charge in [0.25, 0.3) is 0 Å². The van der Waals surface area contributed by atoms with Crippen LogP contribution in [0.5, 0.6) is 0 Å². The van der Waals surface area contributed by atoms with E-state index in [1.54, 1.807) is 18.4 Å². The van der Waals surface area contributed by atoms with Crippen LogP contribution in [0.1, 0.15) is 31.1 Å². The molecule has 5 nitrogen and oxygen atoms in total. The molecule has 0 aromatic carbocycles. The summed E-state index contributed by atoms with van der Waals surface area (Å²) in [6, 6.07) is 2.62. The highest BCUT2D eigenvalue weighted by Crippen LogP contribution is 2.32. The van der Waals surface area contributed by atoms with Gasteiger partial charge in [-0.15, -0.1) is 11.3 Å². The van der Waals surface area contributed by atoms with E-state index in [9.17, 15) is 0 Å². The Kier molecular flexibility index (Phi) is 4.26. The first kappa shape index (κ1) is 14.5. The van der Waals surface area contributed by atoms with Crippen LogP contribution in [0.2, 0.25) is 0 Å². The third-order valence-corrected chi connectivity index (χ3v) is 4.76. The molecule has 0 bridgehead atoms. The molecule has 1 saturated carbocycles. The SMILES string of the molecule is CCCNc1nc(NC2CC(OC)C2)c2cc(C)sc2n1. The summed E-state index contributed by atoms with van der Waals surface area (Å²) in [5.41, 5.74) is 0. The summed E-state index contributed by atoms with van der Waals surface area (Å²) in [5, 5.41) is 7.96. The van der Waals surface area contributed by atoms with Crippen LogP contribution in [-0.4, -0.2) is 35.8 Å². The number of anilines is 2. The molecule has 0 spiro atoms. The van der Waals surface area contributed by atoms with Crippen molar-refractivity contribution in [2.45, 2.75) is 45.3 Å². The van der Waals surface area contributed by atoms with Gasteiger partial charge in [-0.2, -0.15) is 4.98 Å². The van der Waals surface area contributed by atoms with Crippen LogP contribution in [0.3, 0.4) is 0 Å². The first-order valence-corrected chi connectivity index (χ1v) is 8.32. The maximum absolute atomic E-state index is 5.34. The van der Waals surface area contributed by atoms with Crippen LogP contribution in [-0.2, 0) is 4.74 Å². The Morgan fingerprint density at radius 2 is 2.19 bits per heavy atom. The van der Waals surface area contributed by atoms with Crippen molar-refractivity contribution in [1.82, 2.24) is 9.97 Å². The van der Waals surface area contributed by atoms with Crippen LogP contribution in [0.4, 0.5) is 11.8 Å². The lowest BCUT2D eigenvalue weighted by Crippen LogP contribution is -2.40. The van der Waals surface area contributed by atoms with Gasteiger partial charge in [-0.3, -0.25) is 0 Å². The standard InChI is InChI=1S/C15H22N4OS/c1-4-5-16-15-18-13(17-10-7-11(8-10)20-3)12-6-9(2)21-14(12)19-15/h6,10-11H,4-5,7-8H2,1-3H3,(H2,16,17,18,19). The molecule has 2 aromatic rings. The average Bonchev–Trinajstić information content (AvgIpc) is 2.80. The van der Waals surface area contributed by atoms with Gasteiger partial charge in [-0.05, 0) is 32.3 Å². The number of nitrogens with one attached hydrogen (secondary N) is 2. The molecule has 6 heteroatoms. The highest BCUT2D eigenvalue weighted by molar-refractivity contribution is 7.18. The lowest BCUT2D eigenvalue weighted by molar-refractivity contribution is 0.0328. The molecule has 1 aliphatic rings. The Bertz CT molecular complexity index is 621. The Morgan fingerprint density at radius 3 is 2.90 bits per heavy atom. The van der Waals surface area contributed by atoms with Gasteiger partial charge < -0.3 is 15.4 Å². The topological polar surface area (TPSA) is 59.1 Å². The molecule has 2 aromatic heterocycles. The number of aromatic nitrogens is 2. The molecular formula is C15H22N4OS. The highest BCUT2D eigenvalue weighted by atomic mass is 32.1. The quantitative estimate of drug-likeness (QED) is 0.856. The average molecular weight is 306 g/mol. The largest absolute Gasteiger partial charge is 0.381 e. The molecule has 1 aliphatic carbocycles. The van der Waals surface area contributed by atoms with Gasteiger partial charge in [-0.1, -0.05) is 6.92 Å². The molecule has 2 N–H and O–H groups in total. The third-order valence-electron chi connectivity index (χ3n) is 3.82. The van der Waals surface area contributed by atoms with E-state index in [2.05, 4.69) is 40.5 Å². The number of rotatable bonds is 6. The summed E-state index contributed by atoms with van der Waals surface area (Å²) in [6.07, 6.45) is 3.54. The van der Waals surface area contributed by atoms with Crippen molar-refractivity contribution in [2.75, 3.05) is 24.3 Å². The molecule has 114 valence electrons. The van der Waals surface area contributed by atoms with Crippen molar-refractivity contribution in [2.24, 2.45) is 0 Å². The lowest BCUT2D eigenvalue weighted by atomic mass is 9.89. The molecule has 21 heavy (non-hydrogen) atoms. The maximum Gasteiger partial charge on any atom is 0.226 e. The Morgan fingerprint density at radius 1 is 1.38 bits per heavy atom. The second-order valence-corrected chi connectivity index (χ2v) is 6.80. The predicted octanol–water partition coefficient (Wildman–Crippen LogP) is 3.41. The summed E-state index contributed by atoms with van der Waals surface area (Å²) in [7, 11) is 1.78. The van der Waals surface area contributed by atoms with E-state index >= 15 is 0 Å². The summed E-state index contributed by atoms with van der Waals surface area (Å²) in [5.74, 6) is 1.67. The van der Waals surface area contributed by atoms with Crippen LogP contribution < -0.4 is 10.6 Å². The zero-order valence-electron chi connectivity index (χ0n) is 12.8.